The van der Waals surface area contributed by atoms with Crippen LogP contribution in [-0.2, 0) is 20.9 Å². The molecule has 0 fully saturated rings. The lowest BCUT2D eigenvalue weighted by Crippen LogP contribution is -2.37. The number of hydrogen-bond donors (Lipinski definition) is 0. The van der Waals surface area contributed by atoms with E-state index in [0.717, 1.165) is 18.4 Å². The number of carbonyl (C=O) groups excluding carboxylic acids is 2. The van der Waals surface area contributed by atoms with E-state index < -0.39 is 0 Å². The van der Waals surface area contributed by atoms with E-state index in [1.54, 1.807) is 17.0 Å². The Morgan fingerprint density at radius 3 is 2.27 bits per heavy atom. The SMILES string of the molecule is CCC(CC)C(=O)N(CCC(=O)OC)Cc1ccc(Cl)cc1. The van der Waals surface area contributed by atoms with E-state index in [1.807, 2.05) is 26.0 Å². The molecule has 122 valence electrons. The molecule has 0 aromatic heterocycles. The van der Waals surface area contributed by atoms with Gasteiger partial charge in [-0.05, 0) is 30.5 Å². The average Bonchev–Trinajstić information content (AvgIpc) is 2.53. The van der Waals surface area contributed by atoms with Crippen LogP contribution >= 0.6 is 11.6 Å². The molecule has 0 aliphatic heterocycles. The maximum Gasteiger partial charge on any atom is 0.307 e. The highest BCUT2D eigenvalue weighted by Crippen LogP contribution is 2.17. The maximum atomic E-state index is 12.6. The van der Waals surface area contributed by atoms with E-state index in [9.17, 15) is 9.59 Å². The molecule has 0 spiro atoms. The molecule has 0 heterocycles. The van der Waals surface area contributed by atoms with Crippen LogP contribution in [0.2, 0.25) is 5.02 Å². The van der Waals surface area contributed by atoms with Crippen molar-refractivity contribution in [3.8, 4) is 0 Å². The normalized spacial score (nSPS) is 10.6. The molecule has 1 rings (SSSR count). The van der Waals surface area contributed by atoms with Crippen LogP contribution in [0.1, 0.15) is 38.7 Å². The summed E-state index contributed by atoms with van der Waals surface area (Å²) in [6.07, 6.45) is 1.80. The second-order valence-electron chi connectivity index (χ2n) is 5.23. The fourth-order valence-corrected chi connectivity index (χ4v) is 2.43. The van der Waals surface area contributed by atoms with Crippen LogP contribution in [0.5, 0.6) is 0 Å². The summed E-state index contributed by atoms with van der Waals surface area (Å²) >= 11 is 5.89. The molecular formula is C17H24ClNO3. The molecule has 0 bridgehead atoms. The lowest BCUT2D eigenvalue weighted by atomic mass is 10.0. The van der Waals surface area contributed by atoms with Gasteiger partial charge in [0.1, 0.15) is 0 Å². The lowest BCUT2D eigenvalue weighted by Gasteiger charge is -2.26. The Hall–Kier alpha value is -1.55. The standard InChI is InChI=1S/C17H24ClNO3/c1-4-14(5-2)17(21)19(11-10-16(20)22-3)12-13-6-8-15(18)9-7-13/h6-9,14H,4-5,10-12H2,1-3H3. The number of methoxy groups -OCH3 is 1. The van der Waals surface area contributed by atoms with Crippen molar-refractivity contribution in [2.45, 2.75) is 39.7 Å². The van der Waals surface area contributed by atoms with Crippen molar-refractivity contribution < 1.29 is 14.3 Å². The quantitative estimate of drug-likeness (QED) is 0.685. The van der Waals surface area contributed by atoms with Crippen molar-refractivity contribution in [3.63, 3.8) is 0 Å². The van der Waals surface area contributed by atoms with Crippen LogP contribution in [0, 0.1) is 5.92 Å². The molecule has 4 nitrogen and oxygen atoms in total. The number of nitrogens with zero attached hydrogens (tertiary/aromatic N) is 1. The fraction of sp³-hybridized carbons (Fsp3) is 0.529. The van der Waals surface area contributed by atoms with E-state index in [2.05, 4.69) is 4.74 Å². The van der Waals surface area contributed by atoms with Gasteiger partial charge in [-0.3, -0.25) is 9.59 Å². The Morgan fingerprint density at radius 2 is 1.77 bits per heavy atom. The van der Waals surface area contributed by atoms with Crippen LogP contribution < -0.4 is 0 Å². The third kappa shape index (κ3) is 5.68. The predicted molar refractivity (Wildman–Crippen MR) is 87.6 cm³/mol. The van der Waals surface area contributed by atoms with E-state index in [0.29, 0.717) is 18.1 Å². The fourth-order valence-electron chi connectivity index (χ4n) is 2.30. The topological polar surface area (TPSA) is 46.6 Å². The highest BCUT2D eigenvalue weighted by Gasteiger charge is 2.22. The van der Waals surface area contributed by atoms with Crippen LogP contribution in [0.3, 0.4) is 0 Å². The van der Waals surface area contributed by atoms with E-state index in [1.165, 1.54) is 7.11 Å². The summed E-state index contributed by atoms with van der Waals surface area (Å²) in [5.41, 5.74) is 0.994. The Balaban J connectivity index is 2.82. The predicted octanol–water partition coefficient (Wildman–Crippen LogP) is 3.67. The highest BCUT2D eigenvalue weighted by molar-refractivity contribution is 6.30. The molecule has 1 aromatic rings. The molecule has 0 atom stereocenters. The molecule has 5 heteroatoms. The summed E-state index contributed by atoms with van der Waals surface area (Å²) in [4.78, 5) is 25.7. The van der Waals surface area contributed by atoms with Gasteiger partial charge in [-0.25, -0.2) is 0 Å². The second kappa shape index (κ2) is 9.46. The van der Waals surface area contributed by atoms with Crippen LogP contribution in [0.4, 0.5) is 0 Å². The summed E-state index contributed by atoms with van der Waals surface area (Å²) in [7, 11) is 1.36. The van der Waals surface area contributed by atoms with Gasteiger partial charge in [0, 0.05) is 24.0 Å². The number of carbonyl (C=O) groups is 2. The Kier molecular flexibility index (Phi) is 7.96. The molecule has 0 unspecified atom stereocenters. The first kappa shape index (κ1) is 18.5. The Morgan fingerprint density at radius 1 is 1.18 bits per heavy atom. The molecule has 0 aliphatic rings. The number of esters is 1. The number of amides is 1. The van der Waals surface area contributed by atoms with Gasteiger partial charge in [-0.15, -0.1) is 0 Å². The van der Waals surface area contributed by atoms with Gasteiger partial charge in [0.05, 0.1) is 13.5 Å². The highest BCUT2D eigenvalue weighted by atomic mass is 35.5. The molecule has 0 N–H and O–H groups in total. The minimum atomic E-state index is -0.307. The molecule has 0 saturated carbocycles. The number of ether oxygens (including phenoxy) is 1. The molecule has 1 aromatic carbocycles. The minimum Gasteiger partial charge on any atom is -0.469 e. The zero-order valence-electron chi connectivity index (χ0n) is 13.5. The van der Waals surface area contributed by atoms with Crippen LogP contribution in [0.15, 0.2) is 24.3 Å². The van der Waals surface area contributed by atoms with Crippen molar-refractivity contribution in [3.05, 3.63) is 34.9 Å². The summed E-state index contributed by atoms with van der Waals surface area (Å²) in [5.74, 6) is -0.229. The number of rotatable bonds is 8. The maximum absolute atomic E-state index is 12.6. The second-order valence-corrected chi connectivity index (χ2v) is 5.66. The van der Waals surface area contributed by atoms with Gasteiger partial charge < -0.3 is 9.64 Å². The summed E-state index contributed by atoms with van der Waals surface area (Å²) in [6.45, 7) is 4.85. The van der Waals surface area contributed by atoms with Crippen molar-refractivity contribution in [1.29, 1.82) is 0 Å². The summed E-state index contributed by atoms with van der Waals surface area (Å²) < 4.78 is 4.67. The first-order valence-electron chi connectivity index (χ1n) is 7.61. The van der Waals surface area contributed by atoms with Gasteiger partial charge in [0.2, 0.25) is 5.91 Å². The van der Waals surface area contributed by atoms with Gasteiger partial charge in [-0.1, -0.05) is 37.6 Å². The number of benzene rings is 1. The Labute approximate surface area is 137 Å². The first-order chi connectivity index (χ1) is 10.5. The number of halogens is 1. The van der Waals surface area contributed by atoms with Crippen molar-refractivity contribution >= 4 is 23.5 Å². The zero-order valence-corrected chi connectivity index (χ0v) is 14.2. The molecule has 1 amide bonds. The van der Waals surface area contributed by atoms with Crippen LogP contribution in [-0.4, -0.2) is 30.4 Å². The van der Waals surface area contributed by atoms with Gasteiger partial charge in [-0.2, -0.15) is 0 Å². The smallest absolute Gasteiger partial charge is 0.307 e. The monoisotopic (exact) mass is 325 g/mol. The number of hydrogen-bond acceptors (Lipinski definition) is 3. The summed E-state index contributed by atoms with van der Waals surface area (Å²) in [5, 5.41) is 0.663. The van der Waals surface area contributed by atoms with Gasteiger partial charge in [0.15, 0.2) is 0 Å². The third-order valence-electron chi connectivity index (χ3n) is 3.75. The molecule has 22 heavy (non-hydrogen) atoms. The van der Waals surface area contributed by atoms with Gasteiger partial charge in [0.25, 0.3) is 0 Å². The lowest BCUT2D eigenvalue weighted by molar-refractivity contribution is -0.142. The Bertz CT molecular complexity index is 483. The zero-order chi connectivity index (χ0) is 16.5. The van der Waals surface area contributed by atoms with Crippen molar-refractivity contribution in [1.82, 2.24) is 4.90 Å². The van der Waals surface area contributed by atoms with E-state index in [4.69, 9.17) is 11.6 Å². The molecular weight excluding hydrogens is 302 g/mol. The third-order valence-corrected chi connectivity index (χ3v) is 4.00. The molecule has 0 aliphatic carbocycles. The van der Waals surface area contributed by atoms with E-state index >= 15 is 0 Å². The minimum absolute atomic E-state index is 0.00931. The average molecular weight is 326 g/mol. The molecule has 0 radical (unpaired) electrons. The molecule has 0 saturated heterocycles. The summed E-state index contributed by atoms with van der Waals surface area (Å²) in [6, 6.07) is 7.40. The van der Waals surface area contributed by atoms with E-state index in [-0.39, 0.29) is 24.2 Å². The largest absolute Gasteiger partial charge is 0.469 e. The van der Waals surface area contributed by atoms with Gasteiger partial charge >= 0.3 is 5.97 Å². The van der Waals surface area contributed by atoms with Crippen molar-refractivity contribution in [2.75, 3.05) is 13.7 Å². The first-order valence-corrected chi connectivity index (χ1v) is 7.99. The van der Waals surface area contributed by atoms with Crippen molar-refractivity contribution in [2.24, 2.45) is 5.92 Å². The van der Waals surface area contributed by atoms with Crippen LogP contribution in [0.25, 0.3) is 0 Å².